The number of methoxy groups -OCH3 is 2. The average molecular weight is 314 g/mol. The summed E-state index contributed by atoms with van der Waals surface area (Å²) in [5, 5.41) is 1.07. The molecule has 1 fully saturated rings. The Kier molecular flexibility index (Phi) is 4.69. The topological polar surface area (TPSA) is 44.2 Å². The normalized spacial score (nSPS) is 16.0. The minimum absolute atomic E-state index is 0.348. The van der Waals surface area contributed by atoms with Gasteiger partial charge >= 0.3 is 0 Å². The lowest BCUT2D eigenvalue weighted by atomic mass is 9.88. The van der Waals surface area contributed by atoms with Crippen molar-refractivity contribution >= 4 is 10.9 Å². The quantitative estimate of drug-likeness (QED) is 0.811. The SMILES string of the molecule is COc1cc2nc(C3CCCCC3)nc(C(C)C)c2cc1OC. The van der Waals surface area contributed by atoms with Gasteiger partial charge in [0.2, 0.25) is 0 Å². The third-order valence-corrected chi connectivity index (χ3v) is 4.77. The van der Waals surface area contributed by atoms with Crippen LogP contribution in [0.4, 0.5) is 0 Å². The zero-order valence-corrected chi connectivity index (χ0v) is 14.6. The second kappa shape index (κ2) is 6.73. The molecule has 0 atom stereocenters. The second-order valence-electron chi connectivity index (χ2n) is 6.68. The van der Waals surface area contributed by atoms with Crippen molar-refractivity contribution in [2.75, 3.05) is 14.2 Å². The highest BCUT2D eigenvalue weighted by Gasteiger charge is 2.21. The lowest BCUT2D eigenvalue weighted by Crippen LogP contribution is -2.11. The third kappa shape index (κ3) is 3.12. The Morgan fingerprint density at radius 2 is 1.61 bits per heavy atom. The van der Waals surface area contributed by atoms with Gasteiger partial charge in [-0.2, -0.15) is 0 Å². The Morgan fingerprint density at radius 3 is 2.22 bits per heavy atom. The summed E-state index contributed by atoms with van der Waals surface area (Å²) in [6, 6.07) is 3.99. The van der Waals surface area contributed by atoms with E-state index in [9.17, 15) is 0 Å². The maximum atomic E-state index is 5.45. The third-order valence-electron chi connectivity index (χ3n) is 4.77. The molecule has 1 aliphatic carbocycles. The fraction of sp³-hybridized carbons (Fsp3) is 0.579. The molecule has 0 radical (unpaired) electrons. The van der Waals surface area contributed by atoms with Gasteiger partial charge in [0.25, 0.3) is 0 Å². The van der Waals surface area contributed by atoms with Crippen LogP contribution >= 0.6 is 0 Å². The largest absolute Gasteiger partial charge is 0.493 e. The summed E-state index contributed by atoms with van der Waals surface area (Å²) in [7, 11) is 3.33. The van der Waals surface area contributed by atoms with Crippen molar-refractivity contribution in [1.82, 2.24) is 9.97 Å². The number of hydrogen-bond donors (Lipinski definition) is 0. The van der Waals surface area contributed by atoms with Gasteiger partial charge in [-0.1, -0.05) is 33.1 Å². The summed E-state index contributed by atoms with van der Waals surface area (Å²) in [6.45, 7) is 4.37. The van der Waals surface area contributed by atoms with Gasteiger partial charge in [-0.05, 0) is 24.8 Å². The summed E-state index contributed by atoms with van der Waals surface area (Å²) in [5.74, 6) is 3.31. The van der Waals surface area contributed by atoms with Crippen LogP contribution in [0.15, 0.2) is 12.1 Å². The molecule has 2 aromatic rings. The molecule has 0 bridgehead atoms. The summed E-state index contributed by atoms with van der Waals surface area (Å²) in [4.78, 5) is 9.83. The van der Waals surface area contributed by atoms with Gasteiger partial charge in [-0.25, -0.2) is 9.97 Å². The first-order valence-corrected chi connectivity index (χ1v) is 8.57. The van der Waals surface area contributed by atoms with E-state index >= 15 is 0 Å². The van der Waals surface area contributed by atoms with Crippen molar-refractivity contribution in [2.24, 2.45) is 0 Å². The lowest BCUT2D eigenvalue weighted by Gasteiger charge is -2.22. The van der Waals surface area contributed by atoms with Gasteiger partial charge in [-0.3, -0.25) is 0 Å². The maximum Gasteiger partial charge on any atom is 0.162 e. The zero-order valence-electron chi connectivity index (χ0n) is 14.6. The smallest absolute Gasteiger partial charge is 0.162 e. The fourth-order valence-electron chi connectivity index (χ4n) is 3.48. The predicted molar refractivity (Wildman–Crippen MR) is 92.6 cm³/mol. The summed E-state index contributed by atoms with van der Waals surface area (Å²) < 4.78 is 10.9. The Hall–Kier alpha value is -1.84. The van der Waals surface area contributed by atoms with E-state index in [1.54, 1.807) is 14.2 Å². The minimum atomic E-state index is 0.348. The molecule has 1 heterocycles. The molecule has 1 aliphatic rings. The summed E-state index contributed by atoms with van der Waals surface area (Å²) >= 11 is 0. The number of ether oxygens (including phenoxy) is 2. The highest BCUT2D eigenvalue weighted by molar-refractivity contribution is 5.85. The second-order valence-corrected chi connectivity index (χ2v) is 6.68. The fourth-order valence-corrected chi connectivity index (χ4v) is 3.48. The van der Waals surface area contributed by atoms with E-state index in [2.05, 4.69) is 13.8 Å². The molecule has 1 aromatic heterocycles. The van der Waals surface area contributed by atoms with Gasteiger partial charge in [0, 0.05) is 17.4 Å². The van der Waals surface area contributed by atoms with E-state index in [-0.39, 0.29) is 0 Å². The number of fused-ring (bicyclic) bond motifs is 1. The number of hydrogen-bond acceptors (Lipinski definition) is 4. The molecule has 4 nitrogen and oxygen atoms in total. The van der Waals surface area contributed by atoms with E-state index in [1.165, 1.54) is 32.1 Å². The van der Waals surface area contributed by atoms with Crippen molar-refractivity contribution in [3.05, 3.63) is 23.7 Å². The highest BCUT2D eigenvalue weighted by Crippen LogP contribution is 2.37. The Labute approximate surface area is 138 Å². The molecule has 0 N–H and O–H groups in total. The molecule has 1 aromatic carbocycles. The van der Waals surface area contributed by atoms with E-state index in [0.717, 1.165) is 33.9 Å². The van der Waals surface area contributed by atoms with Gasteiger partial charge in [-0.15, -0.1) is 0 Å². The van der Waals surface area contributed by atoms with Crippen molar-refractivity contribution in [1.29, 1.82) is 0 Å². The molecule has 0 amide bonds. The molecular formula is C19H26N2O2. The van der Waals surface area contributed by atoms with Crippen LogP contribution in [-0.2, 0) is 0 Å². The monoisotopic (exact) mass is 314 g/mol. The first kappa shape index (κ1) is 16.0. The first-order chi connectivity index (χ1) is 11.1. The Bertz CT molecular complexity index is 691. The Morgan fingerprint density at radius 1 is 0.957 bits per heavy atom. The van der Waals surface area contributed by atoms with E-state index < -0.39 is 0 Å². The standard InChI is InChI=1S/C19H26N2O2/c1-12(2)18-14-10-16(22-3)17(23-4)11-15(14)20-19(21-18)13-8-6-5-7-9-13/h10-13H,5-9H2,1-4H3. The van der Waals surface area contributed by atoms with E-state index in [4.69, 9.17) is 19.4 Å². The van der Waals surface area contributed by atoms with Crippen molar-refractivity contribution in [3.8, 4) is 11.5 Å². The molecular weight excluding hydrogens is 288 g/mol. The molecule has 1 saturated carbocycles. The van der Waals surface area contributed by atoms with Crippen LogP contribution in [0, 0.1) is 0 Å². The molecule has 3 rings (SSSR count). The zero-order chi connectivity index (χ0) is 16.4. The number of rotatable bonds is 4. The molecule has 23 heavy (non-hydrogen) atoms. The molecule has 0 aliphatic heterocycles. The molecule has 0 saturated heterocycles. The van der Waals surface area contributed by atoms with Gasteiger partial charge < -0.3 is 9.47 Å². The number of nitrogens with zero attached hydrogens (tertiary/aromatic N) is 2. The van der Waals surface area contributed by atoms with Crippen LogP contribution in [-0.4, -0.2) is 24.2 Å². The first-order valence-electron chi connectivity index (χ1n) is 8.57. The summed E-state index contributed by atoms with van der Waals surface area (Å²) in [5.41, 5.74) is 2.07. The lowest BCUT2D eigenvalue weighted by molar-refractivity contribution is 0.355. The van der Waals surface area contributed by atoms with Gasteiger partial charge in [0.15, 0.2) is 11.5 Å². The molecule has 4 heteroatoms. The Balaban J connectivity index is 2.17. The molecule has 0 spiro atoms. The van der Waals surface area contributed by atoms with Crippen LogP contribution in [0.3, 0.4) is 0 Å². The van der Waals surface area contributed by atoms with Crippen molar-refractivity contribution < 1.29 is 9.47 Å². The number of aromatic nitrogens is 2. The van der Waals surface area contributed by atoms with Gasteiger partial charge in [0.05, 0.1) is 25.4 Å². The van der Waals surface area contributed by atoms with Crippen LogP contribution in [0.5, 0.6) is 11.5 Å². The number of benzene rings is 1. The predicted octanol–water partition coefficient (Wildman–Crippen LogP) is 4.82. The van der Waals surface area contributed by atoms with Crippen molar-refractivity contribution in [3.63, 3.8) is 0 Å². The van der Waals surface area contributed by atoms with Crippen LogP contribution in [0.25, 0.3) is 10.9 Å². The van der Waals surface area contributed by atoms with E-state index in [0.29, 0.717) is 11.8 Å². The molecule has 0 unspecified atom stereocenters. The highest BCUT2D eigenvalue weighted by atomic mass is 16.5. The summed E-state index contributed by atoms with van der Waals surface area (Å²) in [6.07, 6.45) is 6.32. The van der Waals surface area contributed by atoms with Crippen LogP contribution in [0.1, 0.15) is 69.3 Å². The van der Waals surface area contributed by atoms with Gasteiger partial charge in [0.1, 0.15) is 5.82 Å². The van der Waals surface area contributed by atoms with Crippen molar-refractivity contribution in [2.45, 2.75) is 57.8 Å². The minimum Gasteiger partial charge on any atom is -0.493 e. The maximum absolute atomic E-state index is 5.45. The van der Waals surface area contributed by atoms with E-state index in [1.807, 2.05) is 12.1 Å². The molecule has 124 valence electrons. The average Bonchev–Trinajstić information content (AvgIpc) is 2.60. The van der Waals surface area contributed by atoms with Crippen LogP contribution in [0.2, 0.25) is 0 Å². The van der Waals surface area contributed by atoms with Crippen LogP contribution < -0.4 is 9.47 Å².